The number of fused-ring (bicyclic) bond motifs is 2. The minimum atomic E-state index is -0.665. The van der Waals surface area contributed by atoms with Crippen molar-refractivity contribution in [2.75, 3.05) is 13.1 Å². The number of hydrogen-bond donors (Lipinski definition) is 0. The number of esters is 2. The molecule has 24 heavy (non-hydrogen) atoms. The van der Waals surface area contributed by atoms with E-state index in [1.165, 1.54) is 30.7 Å². The minimum absolute atomic E-state index is 0.0217. The summed E-state index contributed by atoms with van der Waals surface area (Å²) in [6.45, 7) is 2.05. The first-order valence-corrected chi connectivity index (χ1v) is 8.57. The van der Waals surface area contributed by atoms with E-state index in [1.807, 2.05) is 0 Å². The zero-order chi connectivity index (χ0) is 16.7. The first kappa shape index (κ1) is 15.1. The second-order valence-electron chi connectivity index (χ2n) is 6.59. The number of benzene rings is 1. The molecule has 1 saturated heterocycles. The van der Waals surface area contributed by atoms with E-state index in [2.05, 4.69) is 9.64 Å². The molecule has 3 aliphatic rings. The Morgan fingerprint density at radius 2 is 1.71 bits per heavy atom. The molecule has 1 fully saturated rings. The van der Waals surface area contributed by atoms with Gasteiger partial charge in [0, 0.05) is 29.9 Å². The number of ketones is 1. The van der Waals surface area contributed by atoms with Crippen LogP contribution in [0.5, 0.6) is 0 Å². The highest BCUT2D eigenvalue weighted by Gasteiger charge is 2.32. The lowest BCUT2D eigenvalue weighted by molar-refractivity contribution is 0.0443. The predicted octanol–water partition coefficient (Wildman–Crippen LogP) is 3.10. The number of cyclic esters (lactones) is 2. The van der Waals surface area contributed by atoms with Gasteiger partial charge in [0.25, 0.3) is 0 Å². The molecule has 4 rings (SSSR count). The van der Waals surface area contributed by atoms with Crippen LogP contribution in [0.4, 0.5) is 0 Å². The largest absolute Gasteiger partial charge is 0.386 e. The van der Waals surface area contributed by atoms with Crippen molar-refractivity contribution < 1.29 is 19.1 Å². The summed E-state index contributed by atoms with van der Waals surface area (Å²) >= 11 is 0. The highest BCUT2D eigenvalue weighted by Crippen LogP contribution is 2.32. The Balaban J connectivity index is 1.72. The molecule has 124 valence electrons. The Labute approximate surface area is 140 Å². The van der Waals surface area contributed by atoms with Crippen LogP contribution < -0.4 is 0 Å². The lowest BCUT2D eigenvalue weighted by atomic mass is 9.91. The number of allylic oxidation sites excluding steroid dienone is 2. The highest BCUT2D eigenvalue weighted by atomic mass is 16.6. The van der Waals surface area contributed by atoms with E-state index in [1.54, 1.807) is 6.07 Å². The SMILES string of the molecule is O=C(C1=C2CCCCCN2CCC1)c1ccc2c(c1)C(=O)OC2=O. The van der Waals surface area contributed by atoms with Gasteiger partial charge in [0.1, 0.15) is 0 Å². The number of carbonyl (C=O) groups excluding carboxylic acids is 3. The summed E-state index contributed by atoms with van der Waals surface area (Å²) in [6, 6.07) is 4.66. The van der Waals surface area contributed by atoms with Crippen molar-refractivity contribution in [3.8, 4) is 0 Å². The molecule has 0 bridgehead atoms. The average molecular weight is 325 g/mol. The van der Waals surface area contributed by atoms with E-state index in [0.29, 0.717) is 5.56 Å². The molecule has 0 aromatic heterocycles. The van der Waals surface area contributed by atoms with Crippen LogP contribution in [0.25, 0.3) is 0 Å². The molecule has 0 amide bonds. The molecule has 1 aromatic rings. The Kier molecular flexibility index (Phi) is 3.71. The average Bonchev–Trinajstić information content (AvgIpc) is 2.78. The standard InChI is InChI=1S/C19H19NO4/c21-17(12-7-8-13-15(11-12)19(23)24-18(13)22)14-5-4-10-20-9-3-1-2-6-16(14)20/h7-8,11H,1-6,9-10H2. The molecular weight excluding hydrogens is 306 g/mol. The van der Waals surface area contributed by atoms with Crippen molar-refractivity contribution in [1.82, 2.24) is 4.90 Å². The van der Waals surface area contributed by atoms with E-state index in [-0.39, 0.29) is 16.9 Å². The first-order chi connectivity index (χ1) is 11.6. The molecule has 0 radical (unpaired) electrons. The van der Waals surface area contributed by atoms with Crippen molar-refractivity contribution in [3.05, 3.63) is 46.2 Å². The van der Waals surface area contributed by atoms with E-state index >= 15 is 0 Å². The third kappa shape index (κ3) is 2.44. The maximum absolute atomic E-state index is 13.0. The summed E-state index contributed by atoms with van der Waals surface area (Å²) in [6.07, 6.45) is 6.22. The van der Waals surface area contributed by atoms with Crippen LogP contribution in [0.1, 0.15) is 69.6 Å². The lowest BCUT2D eigenvalue weighted by Gasteiger charge is -2.32. The number of Topliss-reactive ketones (excluding diaryl/α,β-unsaturated/α-hetero) is 1. The van der Waals surface area contributed by atoms with Crippen molar-refractivity contribution in [2.45, 2.75) is 38.5 Å². The molecule has 1 aromatic carbocycles. The zero-order valence-corrected chi connectivity index (χ0v) is 13.5. The minimum Gasteiger partial charge on any atom is -0.386 e. The van der Waals surface area contributed by atoms with Gasteiger partial charge in [-0.1, -0.05) is 12.5 Å². The van der Waals surface area contributed by atoms with Crippen molar-refractivity contribution in [1.29, 1.82) is 0 Å². The smallest absolute Gasteiger partial charge is 0.346 e. The molecule has 5 heteroatoms. The quantitative estimate of drug-likeness (QED) is 0.475. The van der Waals surface area contributed by atoms with Gasteiger partial charge in [-0.25, -0.2) is 9.59 Å². The van der Waals surface area contributed by atoms with Gasteiger partial charge in [0.05, 0.1) is 11.1 Å². The number of carbonyl (C=O) groups is 3. The highest BCUT2D eigenvalue weighted by molar-refractivity contribution is 6.17. The fraction of sp³-hybridized carbons (Fsp3) is 0.421. The third-order valence-electron chi connectivity index (χ3n) is 5.11. The number of hydrogen-bond acceptors (Lipinski definition) is 5. The Hall–Kier alpha value is -2.43. The Bertz CT molecular complexity index is 778. The normalized spacial score (nSPS) is 20.4. The maximum atomic E-state index is 13.0. The Morgan fingerprint density at radius 1 is 0.917 bits per heavy atom. The summed E-state index contributed by atoms with van der Waals surface area (Å²) in [4.78, 5) is 38.7. The van der Waals surface area contributed by atoms with Crippen LogP contribution in [0.15, 0.2) is 29.5 Å². The van der Waals surface area contributed by atoms with Crippen LogP contribution in [0, 0.1) is 0 Å². The molecule has 0 saturated carbocycles. The molecule has 0 unspecified atom stereocenters. The summed E-state index contributed by atoms with van der Waals surface area (Å²) in [5.74, 6) is -1.32. The summed E-state index contributed by atoms with van der Waals surface area (Å²) < 4.78 is 4.60. The Morgan fingerprint density at radius 3 is 2.58 bits per heavy atom. The molecule has 0 atom stereocenters. The number of ether oxygens (including phenoxy) is 1. The van der Waals surface area contributed by atoms with Crippen LogP contribution in [0.2, 0.25) is 0 Å². The van der Waals surface area contributed by atoms with E-state index < -0.39 is 11.9 Å². The molecule has 3 heterocycles. The van der Waals surface area contributed by atoms with Gasteiger partial charge in [0.2, 0.25) is 0 Å². The van der Waals surface area contributed by atoms with Crippen LogP contribution in [-0.2, 0) is 4.74 Å². The van der Waals surface area contributed by atoms with Crippen molar-refractivity contribution >= 4 is 17.7 Å². The first-order valence-electron chi connectivity index (χ1n) is 8.57. The second kappa shape index (κ2) is 5.89. The van der Waals surface area contributed by atoms with E-state index in [9.17, 15) is 14.4 Å². The van der Waals surface area contributed by atoms with Crippen molar-refractivity contribution in [2.24, 2.45) is 0 Å². The molecule has 0 N–H and O–H groups in total. The topological polar surface area (TPSA) is 63.7 Å². The van der Waals surface area contributed by atoms with E-state index in [4.69, 9.17) is 0 Å². The fourth-order valence-corrected chi connectivity index (χ4v) is 3.89. The third-order valence-corrected chi connectivity index (χ3v) is 5.11. The van der Waals surface area contributed by atoms with Gasteiger partial charge in [0.15, 0.2) is 5.78 Å². The van der Waals surface area contributed by atoms with Gasteiger partial charge >= 0.3 is 11.9 Å². The fourth-order valence-electron chi connectivity index (χ4n) is 3.89. The van der Waals surface area contributed by atoms with E-state index in [0.717, 1.165) is 44.3 Å². The summed E-state index contributed by atoms with van der Waals surface area (Å²) in [7, 11) is 0. The van der Waals surface area contributed by atoms with Crippen molar-refractivity contribution in [3.63, 3.8) is 0 Å². The summed E-state index contributed by atoms with van der Waals surface area (Å²) in [5.41, 5.74) is 2.97. The molecule has 3 aliphatic heterocycles. The van der Waals surface area contributed by atoms with Gasteiger partial charge in [-0.2, -0.15) is 0 Å². The molecule has 0 spiro atoms. The zero-order valence-electron chi connectivity index (χ0n) is 13.5. The van der Waals surface area contributed by atoms with Crippen LogP contribution >= 0.6 is 0 Å². The van der Waals surface area contributed by atoms with Gasteiger partial charge in [-0.3, -0.25) is 4.79 Å². The van der Waals surface area contributed by atoms with Gasteiger partial charge in [-0.05, 0) is 44.2 Å². The number of rotatable bonds is 2. The van der Waals surface area contributed by atoms with Crippen LogP contribution in [-0.4, -0.2) is 35.7 Å². The lowest BCUT2D eigenvalue weighted by Crippen LogP contribution is -2.30. The second-order valence-corrected chi connectivity index (χ2v) is 6.59. The van der Waals surface area contributed by atoms with Gasteiger partial charge < -0.3 is 9.64 Å². The monoisotopic (exact) mass is 325 g/mol. The molecular formula is C19H19NO4. The number of nitrogens with zero attached hydrogens (tertiary/aromatic N) is 1. The molecule has 0 aliphatic carbocycles. The summed E-state index contributed by atoms with van der Waals surface area (Å²) in [5, 5.41) is 0. The van der Waals surface area contributed by atoms with Gasteiger partial charge in [-0.15, -0.1) is 0 Å². The molecule has 5 nitrogen and oxygen atoms in total. The predicted molar refractivity (Wildman–Crippen MR) is 86.8 cm³/mol. The maximum Gasteiger partial charge on any atom is 0.346 e. The van der Waals surface area contributed by atoms with Crippen LogP contribution in [0.3, 0.4) is 0 Å².